The van der Waals surface area contributed by atoms with Crippen LogP contribution in [0.25, 0.3) is 11.0 Å². The summed E-state index contributed by atoms with van der Waals surface area (Å²) in [7, 11) is 0. The molecule has 0 saturated heterocycles. The van der Waals surface area contributed by atoms with Gasteiger partial charge in [-0.1, -0.05) is 54.1 Å². The number of carboxylic acids is 1. The van der Waals surface area contributed by atoms with Gasteiger partial charge in [-0.15, -0.1) is 0 Å². The van der Waals surface area contributed by atoms with Gasteiger partial charge in [-0.05, 0) is 54.3 Å². The van der Waals surface area contributed by atoms with Crippen molar-refractivity contribution in [2.75, 3.05) is 6.61 Å². The highest BCUT2D eigenvalue weighted by molar-refractivity contribution is 6.30. The van der Waals surface area contributed by atoms with Crippen LogP contribution in [0.1, 0.15) is 22.3 Å². The Bertz CT molecular complexity index is 1450. The number of amides is 1. The maximum Gasteiger partial charge on any atom is 0.340 e. The van der Waals surface area contributed by atoms with E-state index in [0.29, 0.717) is 33.9 Å². The fourth-order valence-corrected chi connectivity index (χ4v) is 4.03. The van der Waals surface area contributed by atoms with Crippen LogP contribution in [-0.4, -0.2) is 24.5 Å². The number of carboxylic acid groups (broad SMARTS) is 1. The van der Waals surface area contributed by atoms with Gasteiger partial charge < -0.3 is 24.4 Å². The van der Waals surface area contributed by atoms with E-state index in [1.54, 1.807) is 36.4 Å². The predicted molar refractivity (Wildman–Crippen MR) is 134 cm³/mol. The molecule has 4 aromatic rings. The third-order valence-electron chi connectivity index (χ3n) is 5.83. The minimum atomic E-state index is -1.41. The Morgan fingerprint density at radius 1 is 1.03 bits per heavy atom. The number of aliphatic carboxylic acids is 1. The number of carbonyl (C=O) groups excluding carboxylic acids is 2. The van der Waals surface area contributed by atoms with Gasteiger partial charge in [-0.3, -0.25) is 4.79 Å². The molecular formula is C28H23ClNO6-. The number of fused-ring (bicyclic) bond motifs is 1. The number of ether oxygens (including phenoxy) is 1. The Hall–Kier alpha value is -4.10. The Kier molecular flexibility index (Phi) is 7.71. The third-order valence-corrected chi connectivity index (χ3v) is 6.08. The van der Waals surface area contributed by atoms with Gasteiger partial charge in [-0.2, -0.15) is 0 Å². The molecule has 1 amide bonds. The zero-order valence-electron chi connectivity index (χ0n) is 19.5. The summed E-state index contributed by atoms with van der Waals surface area (Å²) in [6.45, 7) is 1.44. The number of rotatable bonds is 9. The summed E-state index contributed by atoms with van der Waals surface area (Å²) < 4.78 is 11.1. The van der Waals surface area contributed by atoms with Gasteiger partial charge in [0, 0.05) is 28.5 Å². The van der Waals surface area contributed by atoms with Crippen molar-refractivity contribution in [1.29, 1.82) is 0 Å². The van der Waals surface area contributed by atoms with E-state index in [4.69, 9.17) is 20.8 Å². The molecule has 36 heavy (non-hydrogen) atoms. The topological polar surface area (TPSA) is 109 Å². The van der Waals surface area contributed by atoms with E-state index in [2.05, 4.69) is 5.32 Å². The van der Waals surface area contributed by atoms with Crippen LogP contribution in [-0.2, 0) is 22.4 Å². The number of benzene rings is 3. The molecule has 1 atom stereocenters. The van der Waals surface area contributed by atoms with Crippen molar-refractivity contribution in [2.45, 2.75) is 25.8 Å². The number of hydrogen-bond acceptors (Lipinski definition) is 6. The molecule has 184 valence electrons. The molecule has 8 heteroatoms. The molecule has 0 bridgehead atoms. The lowest BCUT2D eigenvalue weighted by Gasteiger charge is -2.20. The SMILES string of the molecule is Cc1c(Cc2ccccc2)c(=O)oc2cc(OCC(=O)N[C@H](Cc3ccc(Cl)cc3)C(=O)[O-])ccc12. The summed E-state index contributed by atoms with van der Waals surface area (Å²) >= 11 is 5.85. The Labute approximate surface area is 212 Å². The average Bonchev–Trinajstić information content (AvgIpc) is 2.86. The van der Waals surface area contributed by atoms with Crippen LogP contribution in [0.4, 0.5) is 0 Å². The van der Waals surface area contributed by atoms with Gasteiger partial charge in [0.25, 0.3) is 5.91 Å². The molecule has 0 unspecified atom stereocenters. The van der Waals surface area contributed by atoms with Crippen molar-refractivity contribution >= 4 is 34.4 Å². The second-order valence-electron chi connectivity index (χ2n) is 8.37. The maximum atomic E-state index is 12.6. The smallest absolute Gasteiger partial charge is 0.340 e. The molecule has 0 radical (unpaired) electrons. The van der Waals surface area contributed by atoms with E-state index in [1.165, 1.54) is 6.07 Å². The van der Waals surface area contributed by atoms with Gasteiger partial charge >= 0.3 is 5.63 Å². The van der Waals surface area contributed by atoms with Crippen LogP contribution in [0.15, 0.2) is 82.0 Å². The van der Waals surface area contributed by atoms with Crippen molar-refractivity contribution in [3.05, 3.63) is 110 Å². The number of nitrogens with one attached hydrogen (secondary N) is 1. The summed E-state index contributed by atoms with van der Waals surface area (Å²) in [5, 5.41) is 15.2. The average molecular weight is 505 g/mol. The van der Waals surface area contributed by atoms with Crippen LogP contribution in [0.2, 0.25) is 5.02 Å². The summed E-state index contributed by atoms with van der Waals surface area (Å²) in [5.74, 6) is -1.74. The Balaban J connectivity index is 1.43. The molecular weight excluding hydrogens is 482 g/mol. The zero-order valence-corrected chi connectivity index (χ0v) is 20.2. The summed E-state index contributed by atoms with van der Waals surface area (Å²) in [4.78, 5) is 36.5. The molecule has 0 fully saturated rings. The molecule has 1 aromatic heterocycles. The van der Waals surface area contributed by atoms with E-state index in [9.17, 15) is 19.5 Å². The monoisotopic (exact) mass is 504 g/mol. The number of carbonyl (C=O) groups is 2. The fourth-order valence-electron chi connectivity index (χ4n) is 3.90. The highest BCUT2D eigenvalue weighted by Crippen LogP contribution is 2.25. The largest absolute Gasteiger partial charge is 0.548 e. The molecule has 0 spiro atoms. The quantitative estimate of drug-likeness (QED) is 0.351. The highest BCUT2D eigenvalue weighted by atomic mass is 35.5. The fraction of sp³-hybridized carbons (Fsp3) is 0.179. The van der Waals surface area contributed by atoms with Gasteiger partial charge in [-0.25, -0.2) is 4.79 Å². The van der Waals surface area contributed by atoms with Crippen molar-refractivity contribution in [2.24, 2.45) is 0 Å². The van der Waals surface area contributed by atoms with E-state index < -0.39 is 30.2 Å². The Morgan fingerprint density at radius 3 is 2.44 bits per heavy atom. The Morgan fingerprint density at radius 2 is 1.75 bits per heavy atom. The van der Waals surface area contributed by atoms with E-state index >= 15 is 0 Å². The zero-order chi connectivity index (χ0) is 25.7. The molecule has 7 nitrogen and oxygen atoms in total. The minimum absolute atomic E-state index is 0.0387. The van der Waals surface area contributed by atoms with E-state index in [-0.39, 0.29) is 6.42 Å². The molecule has 1 N–H and O–H groups in total. The number of halogens is 1. The molecule has 0 aliphatic heterocycles. The van der Waals surface area contributed by atoms with E-state index in [1.807, 2.05) is 37.3 Å². The lowest BCUT2D eigenvalue weighted by molar-refractivity contribution is -0.308. The van der Waals surface area contributed by atoms with Crippen molar-refractivity contribution in [3.63, 3.8) is 0 Å². The van der Waals surface area contributed by atoms with Crippen molar-refractivity contribution in [3.8, 4) is 5.75 Å². The first-order valence-electron chi connectivity index (χ1n) is 11.3. The summed E-state index contributed by atoms with van der Waals surface area (Å²) in [6, 6.07) is 20.0. The first-order valence-corrected chi connectivity index (χ1v) is 11.7. The molecule has 0 aliphatic rings. The second-order valence-corrected chi connectivity index (χ2v) is 8.81. The molecule has 3 aromatic carbocycles. The summed E-state index contributed by atoms with van der Waals surface area (Å²) in [5.41, 5.74) is 2.98. The van der Waals surface area contributed by atoms with E-state index in [0.717, 1.165) is 16.5 Å². The van der Waals surface area contributed by atoms with Gasteiger partial charge in [0.05, 0.1) is 12.0 Å². The normalized spacial score (nSPS) is 11.7. The molecule has 1 heterocycles. The van der Waals surface area contributed by atoms with Gasteiger partial charge in [0.2, 0.25) is 0 Å². The van der Waals surface area contributed by atoms with Gasteiger partial charge in [0.15, 0.2) is 6.61 Å². The first-order chi connectivity index (χ1) is 17.3. The lowest BCUT2D eigenvalue weighted by Crippen LogP contribution is -2.50. The molecule has 4 rings (SSSR count). The standard InChI is InChI=1S/C28H24ClNO6/c1-17-22-12-11-21(15-25(22)36-28(34)23(17)13-18-5-3-2-4-6-18)35-16-26(31)30-24(27(32)33)14-19-7-9-20(29)10-8-19/h2-12,15,24H,13-14,16H2,1H3,(H,30,31)(H,32,33)/p-1/t24-/m1/s1. The number of hydrogen-bond donors (Lipinski definition) is 1. The second kappa shape index (κ2) is 11.1. The molecule has 0 saturated carbocycles. The van der Waals surface area contributed by atoms with Crippen LogP contribution >= 0.6 is 11.6 Å². The van der Waals surface area contributed by atoms with Crippen LogP contribution in [0, 0.1) is 6.92 Å². The summed E-state index contributed by atoms with van der Waals surface area (Å²) in [6.07, 6.45) is 0.496. The van der Waals surface area contributed by atoms with Crippen molar-refractivity contribution in [1.82, 2.24) is 5.32 Å². The predicted octanol–water partition coefficient (Wildman–Crippen LogP) is 3.20. The highest BCUT2D eigenvalue weighted by Gasteiger charge is 2.16. The van der Waals surface area contributed by atoms with Crippen LogP contribution in [0.3, 0.4) is 0 Å². The van der Waals surface area contributed by atoms with Crippen LogP contribution < -0.4 is 20.8 Å². The van der Waals surface area contributed by atoms with Crippen molar-refractivity contribution < 1.29 is 23.8 Å². The third kappa shape index (κ3) is 6.12. The first kappa shape index (κ1) is 25.0. The number of aryl methyl sites for hydroxylation is 1. The maximum absolute atomic E-state index is 12.6. The van der Waals surface area contributed by atoms with Gasteiger partial charge in [0.1, 0.15) is 11.3 Å². The van der Waals surface area contributed by atoms with Crippen LogP contribution in [0.5, 0.6) is 5.75 Å². The lowest BCUT2D eigenvalue weighted by atomic mass is 10.00. The molecule has 0 aliphatic carbocycles. The minimum Gasteiger partial charge on any atom is -0.548 e.